The van der Waals surface area contributed by atoms with E-state index in [-0.39, 0.29) is 27.2 Å². The topological polar surface area (TPSA) is 84.5 Å². The Kier molecular flexibility index (Phi) is 7.17. The molecule has 0 heterocycles. The molecule has 0 aliphatic rings. The quantitative estimate of drug-likeness (QED) is 0.502. The lowest BCUT2D eigenvalue weighted by Crippen LogP contribution is -2.24. The van der Waals surface area contributed by atoms with Crippen molar-refractivity contribution in [2.45, 2.75) is 11.4 Å². The molecule has 0 bridgehead atoms. The third-order valence-corrected chi connectivity index (χ3v) is 6.56. The number of carbonyl (C=O) groups is 1. The maximum absolute atomic E-state index is 14.3. The van der Waals surface area contributed by atoms with Crippen LogP contribution >= 0.6 is 23.2 Å². The molecule has 0 aromatic heterocycles. The summed E-state index contributed by atoms with van der Waals surface area (Å²) >= 11 is 11.9. The number of benzene rings is 3. The average molecular weight is 483 g/mol. The van der Waals surface area contributed by atoms with E-state index < -0.39 is 27.3 Å². The van der Waals surface area contributed by atoms with Crippen molar-refractivity contribution in [1.29, 1.82) is 0 Å². The minimum atomic E-state index is -4.04. The summed E-state index contributed by atoms with van der Waals surface area (Å²) in [6, 6.07) is 14.4. The fraction of sp³-hybridized carbons (Fsp3) is 0.0952. The number of ether oxygens (including phenoxy) is 1. The van der Waals surface area contributed by atoms with Crippen LogP contribution in [0, 0.1) is 5.82 Å². The number of rotatable bonds is 7. The molecule has 0 radical (unpaired) electrons. The Balaban J connectivity index is 1.83. The summed E-state index contributed by atoms with van der Waals surface area (Å²) in [6.07, 6.45) is 0. The van der Waals surface area contributed by atoms with Crippen LogP contribution in [0.1, 0.15) is 15.9 Å². The van der Waals surface area contributed by atoms with Crippen LogP contribution in [0.4, 0.5) is 10.1 Å². The number of amides is 1. The van der Waals surface area contributed by atoms with Gasteiger partial charge in [0.2, 0.25) is 10.0 Å². The number of carbonyl (C=O) groups excluding carboxylic acids is 1. The fourth-order valence-corrected chi connectivity index (χ4v) is 4.12. The van der Waals surface area contributed by atoms with Gasteiger partial charge in [0.15, 0.2) is 0 Å². The molecule has 0 spiro atoms. The van der Waals surface area contributed by atoms with E-state index in [0.717, 1.165) is 18.2 Å². The van der Waals surface area contributed by atoms with Gasteiger partial charge in [-0.2, -0.15) is 0 Å². The molecule has 0 fully saturated rings. The molecule has 162 valence electrons. The van der Waals surface area contributed by atoms with E-state index in [1.165, 1.54) is 19.2 Å². The van der Waals surface area contributed by atoms with Gasteiger partial charge in [-0.05, 0) is 36.4 Å². The largest absolute Gasteiger partial charge is 0.496 e. The van der Waals surface area contributed by atoms with E-state index in [1.807, 2.05) is 0 Å². The van der Waals surface area contributed by atoms with Crippen molar-refractivity contribution >= 4 is 44.8 Å². The van der Waals surface area contributed by atoms with Crippen molar-refractivity contribution in [3.63, 3.8) is 0 Å². The van der Waals surface area contributed by atoms with Gasteiger partial charge >= 0.3 is 0 Å². The van der Waals surface area contributed by atoms with Crippen molar-refractivity contribution < 1.29 is 22.3 Å². The van der Waals surface area contributed by atoms with Crippen LogP contribution in [0.2, 0.25) is 10.0 Å². The van der Waals surface area contributed by atoms with Crippen molar-refractivity contribution in [3.05, 3.63) is 87.7 Å². The minimum absolute atomic E-state index is 0.0522. The Bertz CT molecular complexity index is 1240. The smallest absolute Gasteiger partial charge is 0.258 e. The predicted molar refractivity (Wildman–Crippen MR) is 118 cm³/mol. The molecule has 0 saturated carbocycles. The molecular weight excluding hydrogens is 466 g/mol. The van der Waals surface area contributed by atoms with Crippen molar-refractivity contribution in [3.8, 4) is 5.75 Å². The first-order valence-electron chi connectivity index (χ1n) is 8.89. The second kappa shape index (κ2) is 9.65. The van der Waals surface area contributed by atoms with Crippen LogP contribution in [-0.4, -0.2) is 21.4 Å². The summed E-state index contributed by atoms with van der Waals surface area (Å²) < 4.78 is 47.3. The van der Waals surface area contributed by atoms with Crippen molar-refractivity contribution in [1.82, 2.24) is 4.72 Å². The van der Waals surface area contributed by atoms with E-state index in [4.69, 9.17) is 27.9 Å². The Morgan fingerprint density at radius 2 is 1.81 bits per heavy atom. The Morgan fingerprint density at radius 3 is 2.55 bits per heavy atom. The molecule has 10 heteroatoms. The molecule has 2 N–H and O–H groups in total. The van der Waals surface area contributed by atoms with Gasteiger partial charge in [-0.3, -0.25) is 4.79 Å². The first-order valence-corrected chi connectivity index (χ1v) is 11.1. The Hall–Kier alpha value is -2.65. The van der Waals surface area contributed by atoms with Crippen LogP contribution in [0.25, 0.3) is 0 Å². The van der Waals surface area contributed by atoms with Gasteiger partial charge in [0.1, 0.15) is 11.6 Å². The first-order chi connectivity index (χ1) is 14.7. The van der Waals surface area contributed by atoms with E-state index >= 15 is 0 Å². The second-order valence-electron chi connectivity index (χ2n) is 6.33. The highest BCUT2D eigenvalue weighted by molar-refractivity contribution is 7.89. The zero-order valence-corrected chi connectivity index (χ0v) is 18.5. The summed E-state index contributed by atoms with van der Waals surface area (Å²) in [6.45, 7) is -0.0522. The van der Waals surface area contributed by atoms with Crippen molar-refractivity contribution in [2.75, 3.05) is 12.4 Å². The van der Waals surface area contributed by atoms with E-state index in [1.54, 1.807) is 30.3 Å². The average Bonchev–Trinajstić information content (AvgIpc) is 2.75. The molecule has 3 aromatic rings. The first kappa shape index (κ1) is 23.0. The lowest BCUT2D eigenvalue weighted by atomic mass is 10.2. The van der Waals surface area contributed by atoms with Crippen LogP contribution in [0.5, 0.6) is 5.75 Å². The molecule has 1 amide bonds. The van der Waals surface area contributed by atoms with Crippen LogP contribution in [0.15, 0.2) is 65.6 Å². The maximum atomic E-state index is 14.3. The summed E-state index contributed by atoms with van der Waals surface area (Å²) in [7, 11) is -2.57. The molecule has 0 saturated heterocycles. The van der Waals surface area contributed by atoms with E-state index in [9.17, 15) is 17.6 Å². The molecule has 3 rings (SSSR count). The SMILES string of the molecule is COc1ccccc1CNS(=O)(=O)c1ccc(F)c(C(=O)Nc2cccc(Cl)c2Cl)c1. The van der Waals surface area contributed by atoms with Gasteiger partial charge in [-0.15, -0.1) is 0 Å². The number of methoxy groups -OCH3 is 1. The van der Waals surface area contributed by atoms with E-state index in [2.05, 4.69) is 10.0 Å². The Morgan fingerprint density at radius 1 is 1.06 bits per heavy atom. The van der Waals surface area contributed by atoms with Gasteiger partial charge in [0, 0.05) is 12.1 Å². The zero-order valence-electron chi connectivity index (χ0n) is 16.2. The van der Waals surface area contributed by atoms with Gasteiger partial charge in [0.05, 0.1) is 33.3 Å². The molecule has 0 unspecified atom stereocenters. The molecule has 0 aliphatic carbocycles. The normalized spacial score (nSPS) is 11.2. The van der Waals surface area contributed by atoms with Crippen LogP contribution in [0.3, 0.4) is 0 Å². The maximum Gasteiger partial charge on any atom is 0.258 e. The van der Waals surface area contributed by atoms with Gasteiger partial charge in [-0.1, -0.05) is 47.5 Å². The molecule has 0 aliphatic heterocycles. The minimum Gasteiger partial charge on any atom is -0.496 e. The Labute approximate surface area is 189 Å². The van der Waals surface area contributed by atoms with Gasteiger partial charge in [0.25, 0.3) is 5.91 Å². The number of hydrogen-bond acceptors (Lipinski definition) is 4. The summed E-state index contributed by atoms with van der Waals surface area (Å²) in [5, 5.41) is 2.72. The molecule has 6 nitrogen and oxygen atoms in total. The molecule has 31 heavy (non-hydrogen) atoms. The highest BCUT2D eigenvalue weighted by Gasteiger charge is 2.21. The van der Waals surface area contributed by atoms with Gasteiger partial charge in [-0.25, -0.2) is 17.5 Å². The second-order valence-corrected chi connectivity index (χ2v) is 8.89. The predicted octanol–water partition coefficient (Wildman–Crippen LogP) is 4.87. The number of anilines is 1. The highest BCUT2D eigenvalue weighted by Crippen LogP contribution is 2.30. The zero-order chi connectivity index (χ0) is 22.6. The highest BCUT2D eigenvalue weighted by atomic mass is 35.5. The third-order valence-electron chi connectivity index (χ3n) is 4.34. The van der Waals surface area contributed by atoms with E-state index in [0.29, 0.717) is 11.3 Å². The van der Waals surface area contributed by atoms with Crippen molar-refractivity contribution in [2.24, 2.45) is 0 Å². The monoisotopic (exact) mass is 482 g/mol. The number of sulfonamides is 1. The lowest BCUT2D eigenvalue weighted by Gasteiger charge is -2.12. The summed E-state index contributed by atoms with van der Waals surface area (Å²) in [5.74, 6) is -1.24. The number of hydrogen-bond donors (Lipinski definition) is 2. The van der Waals surface area contributed by atoms with Crippen LogP contribution < -0.4 is 14.8 Å². The number of para-hydroxylation sites is 1. The standard InChI is InChI=1S/C21H17Cl2FN2O4S/c1-30-19-8-3-2-5-13(19)12-25-31(28,29)14-9-10-17(24)15(11-14)21(27)26-18-7-4-6-16(22)20(18)23/h2-11,25H,12H2,1H3,(H,26,27). The van der Waals surface area contributed by atoms with Gasteiger partial charge < -0.3 is 10.1 Å². The third kappa shape index (κ3) is 5.34. The van der Waals surface area contributed by atoms with Crippen LogP contribution in [-0.2, 0) is 16.6 Å². The lowest BCUT2D eigenvalue weighted by molar-refractivity contribution is 0.102. The molecule has 0 atom stereocenters. The molecule has 3 aromatic carbocycles. The fourth-order valence-electron chi connectivity index (χ4n) is 2.74. The molecular formula is C21H17Cl2FN2O4S. The summed E-state index contributed by atoms with van der Waals surface area (Å²) in [4.78, 5) is 12.3. The summed E-state index contributed by atoms with van der Waals surface area (Å²) in [5.41, 5.74) is 0.321. The number of halogens is 3. The number of nitrogens with one attached hydrogen (secondary N) is 2.